The summed E-state index contributed by atoms with van der Waals surface area (Å²) in [5.41, 5.74) is 4.61. The lowest BCUT2D eigenvalue weighted by Gasteiger charge is -2.14. The molecule has 1 aliphatic rings. The highest BCUT2D eigenvalue weighted by Crippen LogP contribution is 2.45. The van der Waals surface area contributed by atoms with Crippen LogP contribution in [0.2, 0.25) is 0 Å². The summed E-state index contributed by atoms with van der Waals surface area (Å²) in [6, 6.07) is 0.0835. The number of hydrogen-bond donors (Lipinski definition) is 4. The number of nitrogens with zero attached hydrogens (tertiary/aromatic N) is 1. The zero-order valence-corrected chi connectivity index (χ0v) is 10.7. The topological polar surface area (TPSA) is 117 Å². The number of nitrogens with one attached hydrogen (secondary N) is 2. The first kappa shape index (κ1) is 14.3. The van der Waals surface area contributed by atoms with Crippen molar-refractivity contribution in [3.63, 3.8) is 0 Å². The van der Waals surface area contributed by atoms with E-state index in [1.165, 1.54) is 0 Å². The normalized spacial score (nSPS) is 17.4. The number of amidine groups is 1. The zero-order chi connectivity index (χ0) is 13.8. The summed E-state index contributed by atoms with van der Waals surface area (Å²) >= 11 is 0. The van der Waals surface area contributed by atoms with Crippen LogP contribution in [0.15, 0.2) is 5.16 Å². The number of amides is 2. The predicted molar refractivity (Wildman–Crippen MR) is 66.0 cm³/mol. The van der Waals surface area contributed by atoms with E-state index < -0.39 is 5.41 Å². The van der Waals surface area contributed by atoms with Crippen molar-refractivity contribution in [1.82, 2.24) is 10.6 Å². The molecule has 0 saturated heterocycles. The van der Waals surface area contributed by atoms with Gasteiger partial charge in [0.15, 0.2) is 5.84 Å². The average Bonchev–Trinajstić information content (AvgIpc) is 3.08. The molecule has 0 aromatic heterocycles. The Morgan fingerprint density at radius 3 is 2.50 bits per heavy atom. The van der Waals surface area contributed by atoms with Crippen LogP contribution < -0.4 is 16.4 Å². The van der Waals surface area contributed by atoms with E-state index in [4.69, 9.17) is 10.9 Å². The van der Waals surface area contributed by atoms with Gasteiger partial charge in [-0.25, -0.2) is 0 Å². The standard InChI is InChI=1S/C11H20N4O3/c1-7(2)14-8(16)3-6-13-10(17)11(4-5-11)9(12)15-18/h7,18H,3-6H2,1-2H3,(H2,12,15)(H,13,17)(H,14,16). The van der Waals surface area contributed by atoms with Crippen LogP contribution in [0.4, 0.5) is 0 Å². The lowest BCUT2D eigenvalue weighted by molar-refractivity contribution is -0.124. The van der Waals surface area contributed by atoms with Crippen LogP contribution in [-0.2, 0) is 9.59 Å². The molecule has 0 heterocycles. The maximum atomic E-state index is 11.8. The van der Waals surface area contributed by atoms with Crippen molar-refractivity contribution in [2.24, 2.45) is 16.3 Å². The Hall–Kier alpha value is -1.79. The van der Waals surface area contributed by atoms with Crippen molar-refractivity contribution in [3.8, 4) is 0 Å². The highest BCUT2D eigenvalue weighted by Gasteiger charge is 2.54. The van der Waals surface area contributed by atoms with E-state index in [9.17, 15) is 9.59 Å². The Balaban J connectivity index is 2.33. The van der Waals surface area contributed by atoms with Gasteiger partial charge in [-0.15, -0.1) is 0 Å². The summed E-state index contributed by atoms with van der Waals surface area (Å²) in [5, 5.41) is 16.8. The fourth-order valence-corrected chi connectivity index (χ4v) is 1.67. The van der Waals surface area contributed by atoms with Crippen molar-refractivity contribution < 1.29 is 14.8 Å². The number of rotatable bonds is 6. The molecule has 2 amide bonds. The molecular formula is C11H20N4O3. The maximum Gasteiger partial charge on any atom is 0.233 e. The molecule has 0 aliphatic heterocycles. The third-order valence-electron chi connectivity index (χ3n) is 2.87. The zero-order valence-electron chi connectivity index (χ0n) is 10.7. The average molecular weight is 256 g/mol. The van der Waals surface area contributed by atoms with Crippen LogP contribution in [0.3, 0.4) is 0 Å². The summed E-state index contributed by atoms with van der Waals surface area (Å²) in [7, 11) is 0. The fourth-order valence-electron chi connectivity index (χ4n) is 1.67. The molecule has 0 spiro atoms. The Morgan fingerprint density at radius 2 is 2.06 bits per heavy atom. The molecule has 7 heteroatoms. The molecule has 1 saturated carbocycles. The first-order valence-electron chi connectivity index (χ1n) is 5.98. The van der Waals surface area contributed by atoms with Crippen molar-refractivity contribution in [2.75, 3.05) is 6.54 Å². The summed E-state index contributed by atoms with van der Waals surface area (Å²) in [4.78, 5) is 23.2. The summed E-state index contributed by atoms with van der Waals surface area (Å²) in [6.45, 7) is 3.99. The van der Waals surface area contributed by atoms with Crippen molar-refractivity contribution in [1.29, 1.82) is 0 Å². The van der Waals surface area contributed by atoms with Gasteiger partial charge in [0.2, 0.25) is 11.8 Å². The molecule has 18 heavy (non-hydrogen) atoms. The second-order valence-corrected chi connectivity index (χ2v) is 4.80. The lowest BCUT2D eigenvalue weighted by Crippen LogP contribution is -2.42. The van der Waals surface area contributed by atoms with Crippen LogP contribution in [0, 0.1) is 5.41 Å². The molecule has 5 N–H and O–H groups in total. The highest BCUT2D eigenvalue weighted by atomic mass is 16.4. The molecule has 0 radical (unpaired) electrons. The summed E-state index contributed by atoms with van der Waals surface area (Å²) in [6.07, 6.45) is 1.37. The van der Waals surface area contributed by atoms with Crippen LogP contribution >= 0.6 is 0 Å². The predicted octanol–water partition coefficient (Wildman–Crippen LogP) is -0.456. The lowest BCUT2D eigenvalue weighted by atomic mass is 10.1. The fraction of sp³-hybridized carbons (Fsp3) is 0.727. The Kier molecular flexibility index (Phi) is 4.52. The van der Waals surface area contributed by atoms with Gasteiger partial charge in [-0.2, -0.15) is 0 Å². The van der Waals surface area contributed by atoms with Crippen LogP contribution in [0.5, 0.6) is 0 Å². The highest BCUT2D eigenvalue weighted by molar-refractivity contribution is 6.09. The third kappa shape index (κ3) is 3.35. The van der Waals surface area contributed by atoms with Gasteiger partial charge in [0.25, 0.3) is 0 Å². The van der Waals surface area contributed by atoms with Gasteiger partial charge in [-0.1, -0.05) is 5.16 Å². The molecular weight excluding hydrogens is 236 g/mol. The van der Waals surface area contributed by atoms with E-state index in [1.807, 2.05) is 13.8 Å². The molecule has 0 atom stereocenters. The largest absolute Gasteiger partial charge is 0.409 e. The van der Waals surface area contributed by atoms with Crippen LogP contribution in [-0.4, -0.2) is 35.4 Å². The van der Waals surface area contributed by atoms with E-state index in [0.29, 0.717) is 12.8 Å². The molecule has 0 unspecified atom stereocenters. The molecule has 102 valence electrons. The monoisotopic (exact) mass is 256 g/mol. The van der Waals surface area contributed by atoms with E-state index in [0.717, 1.165) is 0 Å². The SMILES string of the molecule is CC(C)NC(=O)CCNC(=O)C1(C(N)=NO)CC1. The molecule has 1 rings (SSSR count). The van der Waals surface area contributed by atoms with Crippen molar-refractivity contribution in [3.05, 3.63) is 0 Å². The maximum absolute atomic E-state index is 11.8. The summed E-state index contributed by atoms with van der Waals surface area (Å²) < 4.78 is 0. The summed E-state index contributed by atoms with van der Waals surface area (Å²) in [5.74, 6) is -0.458. The minimum Gasteiger partial charge on any atom is -0.409 e. The van der Waals surface area contributed by atoms with Crippen LogP contribution in [0.25, 0.3) is 0 Å². The quantitative estimate of drug-likeness (QED) is 0.223. The number of nitrogens with two attached hydrogens (primary N) is 1. The van der Waals surface area contributed by atoms with E-state index in [2.05, 4.69) is 15.8 Å². The second-order valence-electron chi connectivity index (χ2n) is 4.80. The van der Waals surface area contributed by atoms with Gasteiger partial charge in [-0.3, -0.25) is 9.59 Å². The smallest absolute Gasteiger partial charge is 0.233 e. The van der Waals surface area contributed by atoms with Gasteiger partial charge in [-0.05, 0) is 26.7 Å². The minimum absolute atomic E-state index is 0.0633. The molecule has 7 nitrogen and oxygen atoms in total. The molecule has 1 fully saturated rings. The number of oxime groups is 1. The number of carbonyl (C=O) groups excluding carboxylic acids is 2. The molecule has 0 bridgehead atoms. The Morgan fingerprint density at radius 1 is 1.44 bits per heavy atom. The van der Waals surface area contributed by atoms with E-state index >= 15 is 0 Å². The first-order valence-corrected chi connectivity index (χ1v) is 5.98. The minimum atomic E-state index is -0.858. The number of carbonyl (C=O) groups is 2. The van der Waals surface area contributed by atoms with Gasteiger partial charge in [0, 0.05) is 19.0 Å². The van der Waals surface area contributed by atoms with E-state index in [1.54, 1.807) is 0 Å². The first-order chi connectivity index (χ1) is 8.42. The molecule has 0 aromatic carbocycles. The molecule has 1 aliphatic carbocycles. The van der Waals surface area contributed by atoms with Crippen molar-refractivity contribution in [2.45, 2.75) is 39.2 Å². The number of hydrogen-bond acceptors (Lipinski definition) is 4. The molecule has 0 aromatic rings. The third-order valence-corrected chi connectivity index (χ3v) is 2.87. The van der Waals surface area contributed by atoms with Crippen molar-refractivity contribution >= 4 is 17.6 Å². The van der Waals surface area contributed by atoms with E-state index in [-0.39, 0.29) is 36.7 Å². The Bertz CT molecular complexity index is 361. The van der Waals surface area contributed by atoms with Gasteiger partial charge in [0.05, 0.1) is 0 Å². The van der Waals surface area contributed by atoms with Gasteiger partial charge < -0.3 is 21.6 Å². The second kappa shape index (κ2) is 5.70. The van der Waals surface area contributed by atoms with Gasteiger partial charge >= 0.3 is 0 Å². The van der Waals surface area contributed by atoms with Crippen LogP contribution in [0.1, 0.15) is 33.1 Å². The van der Waals surface area contributed by atoms with Gasteiger partial charge in [0.1, 0.15) is 5.41 Å². The Labute approximate surface area is 106 Å².